The predicted octanol–water partition coefficient (Wildman–Crippen LogP) is 5.45. The summed E-state index contributed by atoms with van der Waals surface area (Å²) in [5.41, 5.74) is 0. The summed E-state index contributed by atoms with van der Waals surface area (Å²) in [5.74, 6) is 0. The Morgan fingerprint density at radius 2 is 1.81 bits per heavy atom. The molecule has 1 aromatic rings. The van der Waals surface area contributed by atoms with Gasteiger partial charge >= 0.3 is 0 Å². The van der Waals surface area contributed by atoms with Gasteiger partial charge in [0, 0.05) is 9.80 Å². The highest BCUT2D eigenvalue weighted by molar-refractivity contribution is 8.03. The second-order valence-corrected chi connectivity index (χ2v) is 3.86. The lowest BCUT2D eigenvalue weighted by atomic mass is 10.4. The molecule has 0 bridgehead atoms. The largest absolute Gasteiger partial charge is 0.0979 e. The van der Waals surface area contributed by atoms with Gasteiger partial charge in [0.1, 0.15) is 0 Å². The second-order valence-electron chi connectivity index (χ2n) is 2.71. The summed E-state index contributed by atoms with van der Waals surface area (Å²) in [7, 11) is 0. The van der Waals surface area contributed by atoms with E-state index in [-0.39, 0.29) is 0 Å². The average molecular weight is 232 g/mol. The van der Waals surface area contributed by atoms with E-state index in [1.807, 2.05) is 57.2 Å². The minimum absolute atomic E-state index is 1.16. The van der Waals surface area contributed by atoms with Gasteiger partial charge in [-0.25, -0.2) is 0 Å². The van der Waals surface area contributed by atoms with Gasteiger partial charge in [-0.3, -0.25) is 0 Å². The van der Waals surface area contributed by atoms with E-state index in [0.29, 0.717) is 0 Å². The first-order valence-electron chi connectivity index (χ1n) is 5.55. The van der Waals surface area contributed by atoms with Gasteiger partial charge < -0.3 is 0 Å². The Hall–Kier alpha value is -1.21. The number of thioether (sulfide) groups is 1. The van der Waals surface area contributed by atoms with Crippen LogP contribution >= 0.6 is 11.8 Å². The Morgan fingerprint density at radius 1 is 1.19 bits per heavy atom. The van der Waals surface area contributed by atoms with Crippen LogP contribution in [0.4, 0.5) is 0 Å². The van der Waals surface area contributed by atoms with Gasteiger partial charge in [0.2, 0.25) is 0 Å². The average Bonchev–Trinajstić information content (AvgIpc) is 2.38. The standard InChI is InChI=1S/C13H14S.C2H6/c1-3-5-9-12(4-2)14-13-10-7-6-8-11-13;1-2/h3-11H,2H2,1H3;1-2H3/b5-3-,12-9+;. The topological polar surface area (TPSA) is 0 Å². The maximum absolute atomic E-state index is 3.79. The zero-order valence-electron chi connectivity index (χ0n) is 10.3. The van der Waals surface area contributed by atoms with E-state index in [0.717, 1.165) is 4.91 Å². The number of hydrogen-bond donors (Lipinski definition) is 0. The van der Waals surface area contributed by atoms with Gasteiger partial charge in [-0.05, 0) is 25.1 Å². The highest BCUT2D eigenvalue weighted by Crippen LogP contribution is 2.26. The molecule has 0 heterocycles. The molecule has 0 spiro atoms. The van der Waals surface area contributed by atoms with Crippen LogP contribution in [0.5, 0.6) is 0 Å². The van der Waals surface area contributed by atoms with Gasteiger partial charge in [-0.15, -0.1) is 0 Å². The molecular weight excluding hydrogens is 212 g/mol. The lowest BCUT2D eigenvalue weighted by Crippen LogP contribution is -1.71. The van der Waals surface area contributed by atoms with Gasteiger partial charge in [-0.2, -0.15) is 0 Å². The van der Waals surface area contributed by atoms with E-state index in [1.165, 1.54) is 4.90 Å². The zero-order valence-corrected chi connectivity index (χ0v) is 11.1. The molecule has 0 saturated carbocycles. The van der Waals surface area contributed by atoms with Crippen molar-refractivity contribution in [2.45, 2.75) is 25.7 Å². The lowest BCUT2D eigenvalue weighted by Gasteiger charge is -2.00. The van der Waals surface area contributed by atoms with E-state index in [1.54, 1.807) is 11.8 Å². The first-order chi connectivity index (χ1) is 7.86. The van der Waals surface area contributed by atoms with Crippen molar-refractivity contribution in [1.29, 1.82) is 0 Å². The molecule has 0 saturated heterocycles. The van der Waals surface area contributed by atoms with Crippen molar-refractivity contribution in [2.75, 3.05) is 0 Å². The van der Waals surface area contributed by atoms with Crippen LogP contribution in [-0.2, 0) is 0 Å². The van der Waals surface area contributed by atoms with Gasteiger partial charge in [0.05, 0.1) is 0 Å². The van der Waals surface area contributed by atoms with Crippen LogP contribution in [0.25, 0.3) is 0 Å². The number of allylic oxidation sites excluding steroid dienone is 4. The van der Waals surface area contributed by atoms with Crippen molar-refractivity contribution in [3.63, 3.8) is 0 Å². The van der Waals surface area contributed by atoms with Crippen LogP contribution in [0.3, 0.4) is 0 Å². The third-order valence-electron chi connectivity index (χ3n) is 1.63. The Morgan fingerprint density at radius 3 is 2.31 bits per heavy atom. The Kier molecular flexibility index (Phi) is 9.53. The minimum Gasteiger partial charge on any atom is -0.0979 e. The second kappa shape index (κ2) is 10.3. The molecule has 0 unspecified atom stereocenters. The lowest BCUT2D eigenvalue weighted by molar-refractivity contribution is 1.47. The predicted molar refractivity (Wildman–Crippen MR) is 76.7 cm³/mol. The maximum Gasteiger partial charge on any atom is 0.0122 e. The molecule has 0 fully saturated rings. The molecule has 0 aliphatic rings. The third-order valence-corrected chi connectivity index (χ3v) is 2.68. The fraction of sp³-hybridized carbons (Fsp3) is 0.200. The molecular formula is C15H20S. The normalized spacial score (nSPS) is 10.8. The van der Waals surface area contributed by atoms with Crippen molar-refractivity contribution in [3.05, 3.63) is 66.1 Å². The van der Waals surface area contributed by atoms with Crippen LogP contribution in [0, 0.1) is 0 Å². The van der Waals surface area contributed by atoms with Crippen molar-refractivity contribution in [2.24, 2.45) is 0 Å². The van der Waals surface area contributed by atoms with E-state index < -0.39 is 0 Å². The Labute approximate surface area is 104 Å². The molecule has 0 aliphatic heterocycles. The highest BCUT2D eigenvalue weighted by Gasteiger charge is 1.93. The molecule has 0 amide bonds. The Balaban J connectivity index is 0.00000106. The van der Waals surface area contributed by atoms with Gasteiger partial charge in [0.25, 0.3) is 0 Å². The molecule has 0 N–H and O–H groups in total. The van der Waals surface area contributed by atoms with E-state index >= 15 is 0 Å². The van der Waals surface area contributed by atoms with Crippen molar-refractivity contribution >= 4 is 11.8 Å². The van der Waals surface area contributed by atoms with Crippen LogP contribution in [0.15, 0.2) is 71.0 Å². The summed E-state index contributed by atoms with van der Waals surface area (Å²) >= 11 is 1.72. The molecule has 0 nitrogen and oxygen atoms in total. The van der Waals surface area contributed by atoms with Crippen molar-refractivity contribution in [3.8, 4) is 0 Å². The van der Waals surface area contributed by atoms with Gasteiger partial charge in [0.15, 0.2) is 0 Å². The SMILES string of the molecule is C=C/C(=C\C=C/C)Sc1ccccc1.CC. The molecule has 1 heteroatoms. The highest BCUT2D eigenvalue weighted by atomic mass is 32.2. The summed E-state index contributed by atoms with van der Waals surface area (Å²) in [4.78, 5) is 2.40. The molecule has 0 aliphatic carbocycles. The van der Waals surface area contributed by atoms with Crippen LogP contribution in [0.1, 0.15) is 20.8 Å². The monoisotopic (exact) mass is 232 g/mol. The molecule has 0 radical (unpaired) electrons. The summed E-state index contributed by atoms with van der Waals surface area (Å²) < 4.78 is 0. The number of hydrogen-bond acceptors (Lipinski definition) is 1. The molecule has 0 atom stereocenters. The Bertz CT molecular complexity index is 334. The molecule has 86 valence electrons. The van der Waals surface area contributed by atoms with Crippen molar-refractivity contribution < 1.29 is 0 Å². The summed E-state index contributed by atoms with van der Waals surface area (Å²) in [5, 5.41) is 0. The molecule has 0 aromatic heterocycles. The first kappa shape index (κ1) is 14.8. The number of benzene rings is 1. The summed E-state index contributed by atoms with van der Waals surface area (Å²) in [6.45, 7) is 9.79. The molecule has 1 aromatic carbocycles. The van der Waals surface area contributed by atoms with E-state index in [4.69, 9.17) is 0 Å². The first-order valence-corrected chi connectivity index (χ1v) is 6.37. The van der Waals surface area contributed by atoms with Crippen molar-refractivity contribution in [1.82, 2.24) is 0 Å². The van der Waals surface area contributed by atoms with E-state index in [2.05, 4.69) is 24.8 Å². The quantitative estimate of drug-likeness (QED) is 0.491. The van der Waals surface area contributed by atoms with E-state index in [9.17, 15) is 0 Å². The third kappa shape index (κ3) is 6.31. The fourth-order valence-electron chi connectivity index (χ4n) is 0.959. The summed E-state index contributed by atoms with van der Waals surface area (Å²) in [6, 6.07) is 10.3. The smallest absolute Gasteiger partial charge is 0.0122 e. The number of rotatable bonds is 4. The van der Waals surface area contributed by atoms with Crippen LogP contribution in [0.2, 0.25) is 0 Å². The van der Waals surface area contributed by atoms with Crippen LogP contribution < -0.4 is 0 Å². The molecule has 16 heavy (non-hydrogen) atoms. The summed E-state index contributed by atoms with van der Waals surface area (Å²) in [6.07, 6.45) is 7.96. The fourth-order valence-corrected chi connectivity index (χ4v) is 1.75. The van der Waals surface area contributed by atoms with Crippen LogP contribution in [-0.4, -0.2) is 0 Å². The van der Waals surface area contributed by atoms with Gasteiger partial charge in [-0.1, -0.05) is 68.6 Å². The maximum atomic E-state index is 3.79. The minimum atomic E-state index is 1.16. The molecule has 1 rings (SSSR count). The zero-order chi connectivity index (χ0) is 12.2.